The Balaban J connectivity index is 1.75. The molecule has 7 heteroatoms. The normalized spacial score (nSPS) is 13.1. The molecule has 1 aliphatic rings. The summed E-state index contributed by atoms with van der Waals surface area (Å²) in [5, 5.41) is 12.2. The zero-order chi connectivity index (χ0) is 18.5. The summed E-state index contributed by atoms with van der Waals surface area (Å²) in [5.74, 6) is 1.22. The molecule has 0 spiro atoms. The number of nitriles is 1. The number of rotatable bonds is 7. The maximum atomic E-state index is 11.1. The van der Waals surface area contributed by atoms with E-state index in [1.54, 1.807) is 19.1 Å². The molecule has 0 fully saturated rings. The molecule has 2 aromatic rings. The van der Waals surface area contributed by atoms with Crippen LogP contribution in [0.25, 0.3) is 0 Å². The fourth-order valence-electron chi connectivity index (χ4n) is 2.55. The van der Waals surface area contributed by atoms with Gasteiger partial charge in [0.15, 0.2) is 11.5 Å². The van der Waals surface area contributed by atoms with Crippen LogP contribution in [0.5, 0.6) is 17.2 Å². The monoisotopic (exact) mass is 353 g/mol. The number of carbonyl (C=O) groups is 1. The van der Waals surface area contributed by atoms with Gasteiger partial charge in [-0.3, -0.25) is 4.79 Å². The number of primary amides is 1. The van der Waals surface area contributed by atoms with E-state index in [0.717, 1.165) is 11.1 Å². The molecule has 26 heavy (non-hydrogen) atoms. The van der Waals surface area contributed by atoms with Crippen molar-refractivity contribution in [3.05, 3.63) is 53.1 Å². The number of hydrogen-bond acceptors (Lipinski definition) is 6. The minimum Gasteiger partial charge on any atom is -0.485 e. The van der Waals surface area contributed by atoms with E-state index in [1.807, 2.05) is 24.3 Å². The van der Waals surface area contributed by atoms with Crippen molar-refractivity contribution >= 4 is 5.91 Å². The summed E-state index contributed by atoms with van der Waals surface area (Å²) in [6, 6.07) is 12.6. The smallest absolute Gasteiger partial charge is 0.234 e. The molecule has 1 aliphatic heterocycles. The number of amides is 1. The molecule has 1 heterocycles. The topological polar surface area (TPSA) is 107 Å². The maximum Gasteiger partial charge on any atom is 0.234 e. The van der Waals surface area contributed by atoms with Crippen LogP contribution >= 0.6 is 0 Å². The summed E-state index contributed by atoms with van der Waals surface area (Å²) in [6.45, 7) is 2.45. The lowest BCUT2D eigenvalue weighted by Crippen LogP contribution is -2.38. The Morgan fingerprint density at radius 3 is 2.81 bits per heavy atom. The van der Waals surface area contributed by atoms with Gasteiger partial charge in [0.25, 0.3) is 0 Å². The van der Waals surface area contributed by atoms with Crippen molar-refractivity contribution in [3.8, 4) is 23.3 Å². The quantitative estimate of drug-likeness (QED) is 0.786. The van der Waals surface area contributed by atoms with Gasteiger partial charge in [-0.05, 0) is 19.1 Å². The number of nitrogens with zero attached hydrogens (tertiary/aromatic N) is 1. The lowest BCUT2D eigenvalue weighted by Gasteiger charge is -2.14. The van der Waals surface area contributed by atoms with E-state index in [-0.39, 0.29) is 13.4 Å². The molecule has 3 rings (SSSR count). The second-order valence-corrected chi connectivity index (χ2v) is 5.85. The molecular formula is C19H19N3O4. The molecule has 0 bridgehead atoms. The number of benzene rings is 2. The van der Waals surface area contributed by atoms with Gasteiger partial charge in [0.05, 0.1) is 17.7 Å². The Labute approximate surface area is 151 Å². The summed E-state index contributed by atoms with van der Waals surface area (Å²) in [7, 11) is 0. The molecule has 1 atom stereocenters. The van der Waals surface area contributed by atoms with Gasteiger partial charge in [0, 0.05) is 17.7 Å². The summed E-state index contributed by atoms with van der Waals surface area (Å²) < 4.78 is 16.9. The SMILES string of the molecule is CC(NCc1ccc(OCc2ccccc2C#N)c2c1OCO2)C(N)=O. The van der Waals surface area contributed by atoms with Gasteiger partial charge in [0.2, 0.25) is 18.4 Å². The number of ether oxygens (including phenoxy) is 3. The van der Waals surface area contributed by atoms with Crippen LogP contribution in [0, 0.1) is 11.3 Å². The number of nitrogens with two attached hydrogens (primary N) is 1. The van der Waals surface area contributed by atoms with Crippen LogP contribution in [-0.4, -0.2) is 18.7 Å². The van der Waals surface area contributed by atoms with Crippen molar-refractivity contribution in [3.63, 3.8) is 0 Å². The first-order valence-corrected chi connectivity index (χ1v) is 8.15. The van der Waals surface area contributed by atoms with Gasteiger partial charge < -0.3 is 25.3 Å². The third kappa shape index (κ3) is 3.71. The van der Waals surface area contributed by atoms with Crippen molar-refractivity contribution < 1.29 is 19.0 Å². The van der Waals surface area contributed by atoms with E-state index in [9.17, 15) is 4.79 Å². The molecule has 0 aliphatic carbocycles. The molecule has 0 radical (unpaired) electrons. The maximum absolute atomic E-state index is 11.1. The molecular weight excluding hydrogens is 334 g/mol. The van der Waals surface area contributed by atoms with Crippen LogP contribution in [0.3, 0.4) is 0 Å². The fraction of sp³-hybridized carbons (Fsp3) is 0.263. The molecule has 1 unspecified atom stereocenters. The van der Waals surface area contributed by atoms with Crippen molar-refractivity contribution in [2.45, 2.75) is 26.1 Å². The number of nitrogens with one attached hydrogen (secondary N) is 1. The van der Waals surface area contributed by atoms with E-state index >= 15 is 0 Å². The van der Waals surface area contributed by atoms with Crippen molar-refractivity contribution in [1.29, 1.82) is 5.26 Å². The van der Waals surface area contributed by atoms with Crippen LogP contribution in [0.2, 0.25) is 0 Å². The molecule has 134 valence electrons. The minimum atomic E-state index is -0.452. The first-order valence-electron chi connectivity index (χ1n) is 8.15. The van der Waals surface area contributed by atoms with Gasteiger partial charge in [-0.1, -0.05) is 24.3 Å². The average molecular weight is 353 g/mol. The van der Waals surface area contributed by atoms with Crippen LogP contribution in [0.15, 0.2) is 36.4 Å². The third-order valence-electron chi connectivity index (χ3n) is 4.11. The Bertz CT molecular complexity index is 860. The third-order valence-corrected chi connectivity index (χ3v) is 4.11. The summed E-state index contributed by atoms with van der Waals surface area (Å²) in [6.07, 6.45) is 0. The van der Waals surface area contributed by atoms with E-state index < -0.39 is 11.9 Å². The van der Waals surface area contributed by atoms with Gasteiger partial charge in [-0.2, -0.15) is 5.26 Å². The Kier molecular flexibility index (Phi) is 5.25. The highest BCUT2D eigenvalue weighted by Crippen LogP contribution is 2.43. The Morgan fingerprint density at radius 1 is 1.27 bits per heavy atom. The summed E-state index contributed by atoms with van der Waals surface area (Å²) >= 11 is 0. The molecule has 0 aromatic heterocycles. The average Bonchev–Trinajstić information content (AvgIpc) is 3.15. The lowest BCUT2D eigenvalue weighted by atomic mass is 10.1. The predicted octanol–water partition coefficient (Wildman–Crippen LogP) is 1.83. The highest BCUT2D eigenvalue weighted by molar-refractivity contribution is 5.79. The van der Waals surface area contributed by atoms with Crippen molar-refractivity contribution in [2.24, 2.45) is 5.73 Å². The zero-order valence-electron chi connectivity index (χ0n) is 14.3. The van der Waals surface area contributed by atoms with E-state index in [4.69, 9.17) is 25.2 Å². The standard InChI is InChI=1S/C19H19N3O4/c1-12(19(21)23)22-9-14-6-7-16(18-17(14)25-11-26-18)24-10-15-5-3-2-4-13(15)8-20/h2-7,12,22H,9-11H2,1H3,(H2,21,23). The number of carbonyl (C=O) groups excluding carboxylic acids is 1. The van der Waals surface area contributed by atoms with Gasteiger partial charge >= 0.3 is 0 Å². The molecule has 0 saturated carbocycles. The van der Waals surface area contributed by atoms with Crippen LogP contribution < -0.4 is 25.3 Å². The molecule has 1 amide bonds. The van der Waals surface area contributed by atoms with Gasteiger partial charge in [-0.15, -0.1) is 0 Å². The predicted molar refractivity (Wildman–Crippen MR) is 93.6 cm³/mol. The van der Waals surface area contributed by atoms with Crippen LogP contribution in [-0.2, 0) is 17.9 Å². The van der Waals surface area contributed by atoms with Crippen LogP contribution in [0.1, 0.15) is 23.6 Å². The molecule has 0 saturated heterocycles. The second kappa shape index (κ2) is 7.76. The minimum absolute atomic E-state index is 0.100. The van der Waals surface area contributed by atoms with E-state index in [2.05, 4.69) is 11.4 Å². The Hall–Kier alpha value is -3.24. The highest BCUT2D eigenvalue weighted by atomic mass is 16.7. The number of fused-ring (bicyclic) bond motifs is 1. The molecule has 3 N–H and O–H groups in total. The lowest BCUT2D eigenvalue weighted by molar-refractivity contribution is -0.119. The van der Waals surface area contributed by atoms with Crippen molar-refractivity contribution in [2.75, 3.05) is 6.79 Å². The van der Waals surface area contributed by atoms with Crippen LogP contribution in [0.4, 0.5) is 0 Å². The first-order chi connectivity index (χ1) is 12.6. The fourth-order valence-corrected chi connectivity index (χ4v) is 2.55. The zero-order valence-corrected chi connectivity index (χ0v) is 14.3. The first kappa shape index (κ1) is 17.6. The largest absolute Gasteiger partial charge is 0.485 e. The van der Waals surface area contributed by atoms with Gasteiger partial charge in [-0.25, -0.2) is 0 Å². The summed E-state index contributed by atoms with van der Waals surface area (Å²) in [5.41, 5.74) is 7.47. The second-order valence-electron chi connectivity index (χ2n) is 5.85. The molecule has 7 nitrogen and oxygen atoms in total. The Morgan fingerprint density at radius 2 is 2.04 bits per heavy atom. The van der Waals surface area contributed by atoms with Gasteiger partial charge in [0.1, 0.15) is 6.61 Å². The highest BCUT2D eigenvalue weighted by Gasteiger charge is 2.23. The number of hydrogen-bond donors (Lipinski definition) is 2. The van der Waals surface area contributed by atoms with E-state index in [1.165, 1.54) is 0 Å². The van der Waals surface area contributed by atoms with Crippen molar-refractivity contribution in [1.82, 2.24) is 5.32 Å². The van der Waals surface area contributed by atoms with E-state index in [0.29, 0.717) is 29.4 Å². The molecule has 2 aromatic carbocycles. The summed E-state index contributed by atoms with van der Waals surface area (Å²) in [4.78, 5) is 11.1.